The summed E-state index contributed by atoms with van der Waals surface area (Å²) in [6.07, 6.45) is 0. The van der Waals surface area contributed by atoms with Gasteiger partial charge in [0.25, 0.3) is 0 Å². The molecule has 126 valence electrons. The van der Waals surface area contributed by atoms with E-state index in [4.69, 9.17) is 23.2 Å². The van der Waals surface area contributed by atoms with E-state index < -0.39 is 0 Å². The van der Waals surface area contributed by atoms with Gasteiger partial charge in [0.15, 0.2) is 0 Å². The van der Waals surface area contributed by atoms with Crippen LogP contribution in [-0.4, -0.2) is 24.7 Å². The monoisotopic (exact) mass is 383 g/mol. The predicted octanol–water partition coefficient (Wildman–Crippen LogP) is 4.48. The second-order valence-corrected chi connectivity index (χ2v) is 6.55. The van der Waals surface area contributed by atoms with Gasteiger partial charge in [0, 0.05) is 28.3 Å². The van der Waals surface area contributed by atoms with Gasteiger partial charge in [-0.25, -0.2) is 4.79 Å². The third-order valence-corrected chi connectivity index (χ3v) is 4.64. The predicted molar refractivity (Wildman–Crippen MR) is 100 cm³/mol. The zero-order valence-corrected chi connectivity index (χ0v) is 15.1. The zero-order valence-electron chi connectivity index (χ0n) is 12.7. The molecule has 0 saturated carbocycles. The molecule has 3 N–H and O–H groups in total. The van der Waals surface area contributed by atoms with E-state index in [0.717, 1.165) is 4.90 Å². The number of amides is 3. The number of urea groups is 1. The number of rotatable bonds is 5. The Morgan fingerprint density at radius 1 is 1.00 bits per heavy atom. The molecule has 0 saturated heterocycles. The number of hydrogen-bond donors (Lipinski definition) is 3. The normalized spacial score (nSPS) is 10.1. The van der Waals surface area contributed by atoms with Crippen molar-refractivity contribution in [2.45, 2.75) is 4.90 Å². The van der Waals surface area contributed by atoms with Crippen molar-refractivity contribution in [1.82, 2.24) is 5.32 Å². The summed E-state index contributed by atoms with van der Waals surface area (Å²) in [5, 5.41) is 9.00. The molecule has 3 amide bonds. The number of hydrogen-bond acceptors (Lipinski definition) is 3. The van der Waals surface area contributed by atoms with Gasteiger partial charge in [0.05, 0.1) is 10.8 Å². The number of halogens is 2. The molecule has 8 heteroatoms. The fourth-order valence-electron chi connectivity index (χ4n) is 1.76. The molecular formula is C16H15Cl2N3O2S. The summed E-state index contributed by atoms with van der Waals surface area (Å²) < 4.78 is 0. The number of carbonyl (C=O) groups is 2. The third-order valence-electron chi connectivity index (χ3n) is 2.91. The average molecular weight is 384 g/mol. The molecule has 0 atom stereocenters. The van der Waals surface area contributed by atoms with Crippen molar-refractivity contribution in [3.63, 3.8) is 0 Å². The largest absolute Gasteiger partial charge is 0.341 e. The molecule has 24 heavy (non-hydrogen) atoms. The summed E-state index contributed by atoms with van der Waals surface area (Å²) in [6.45, 7) is 0. The standard InChI is InChI=1S/C16H15Cl2N3O2S/c1-19-16(23)21-12-5-3-11(4-6-12)20-15(22)9-24-14-8-10(17)2-7-13(14)18/h2-8H,9H2,1H3,(H,20,22)(H2,19,21,23). The maximum absolute atomic E-state index is 12.0. The molecule has 5 nitrogen and oxygen atoms in total. The Morgan fingerprint density at radius 2 is 1.62 bits per heavy atom. The minimum absolute atomic E-state index is 0.164. The minimum atomic E-state index is -0.304. The maximum Gasteiger partial charge on any atom is 0.318 e. The lowest BCUT2D eigenvalue weighted by molar-refractivity contribution is -0.113. The van der Waals surface area contributed by atoms with Crippen LogP contribution in [0, 0.1) is 0 Å². The number of carbonyl (C=O) groups excluding carboxylic acids is 2. The smallest absolute Gasteiger partial charge is 0.318 e. The van der Waals surface area contributed by atoms with Gasteiger partial charge >= 0.3 is 6.03 Å². The molecule has 0 aliphatic rings. The SMILES string of the molecule is CNC(=O)Nc1ccc(NC(=O)CSc2cc(Cl)ccc2Cl)cc1. The molecule has 0 aliphatic carbocycles. The zero-order chi connectivity index (χ0) is 17.5. The van der Waals surface area contributed by atoms with E-state index in [2.05, 4.69) is 16.0 Å². The molecule has 0 heterocycles. The minimum Gasteiger partial charge on any atom is -0.341 e. The lowest BCUT2D eigenvalue weighted by Gasteiger charge is -2.08. The molecule has 0 fully saturated rings. The lowest BCUT2D eigenvalue weighted by Crippen LogP contribution is -2.24. The molecule has 0 aromatic heterocycles. The van der Waals surface area contributed by atoms with Crippen molar-refractivity contribution in [3.05, 3.63) is 52.5 Å². The first-order valence-corrected chi connectivity index (χ1v) is 8.68. The van der Waals surface area contributed by atoms with Crippen molar-refractivity contribution < 1.29 is 9.59 Å². The fourth-order valence-corrected chi connectivity index (χ4v) is 3.05. The summed E-state index contributed by atoms with van der Waals surface area (Å²) in [7, 11) is 1.54. The molecule has 0 spiro atoms. The summed E-state index contributed by atoms with van der Waals surface area (Å²) >= 11 is 13.3. The molecule has 2 aromatic carbocycles. The van der Waals surface area contributed by atoms with E-state index in [9.17, 15) is 9.59 Å². The van der Waals surface area contributed by atoms with Gasteiger partial charge in [-0.15, -0.1) is 11.8 Å². The van der Waals surface area contributed by atoms with Gasteiger partial charge in [0.2, 0.25) is 5.91 Å². The first kappa shape index (κ1) is 18.4. The van der Waals surface area contributed by atoms with Crippen LogP contribution in [0.1, 0.15) is 0 Å². The number of nitrogens with one attached hydrogen (secondary N) is 3. The number of anilines is 2. The summed E-state index contributed by atoms with van der Waals surface area (Å²) in [4.78, 5) is 24.0. The van der Waals surface area contributed by atoms with Crippen molar-refractivity contribution in [3.8, 4) is 0 Å². The van der Waals surface area contributed by atoms with Crippen molar-refractivity contribution in [2.24, 2.45) is 0 Å². The van der Waals surface area contributed by atoms with Crippen molar-refractivity contribution in [1.29, 1.82) is 0 Å². The van der Waals surface area contributed by atoms with Gasteiger partial charge < -0.3 is 16.0 Å². The molecule has 0 aliphatic heterocycles. The molecule has 0 bridgehead atoms. The Bertz CT molecular complexity index is 739. The first-order chi connectivity index (χ1) is 11.5. The molecule has 0 unspecified atom stereocenters. The highest BCUT2D eigenvalue weighted by Crippen LogP contribution is 2.29. The second-order valence-electron chi connectivity index (χ2n) is 4.69. The average Bonchev–Trinajstić information content (AvgIpc) is 2.57. The fraction of sp³-hybridized carbons (Fsp3) is 0.125. The Morgan fingerprint density at radius 3 is 2.25 bits per heavy atom. The van der Waals surface area contributed by atoms with E-state index >= 15 is 0 Å². The van der Waals surface area contributed by atoms with Crippen LogP contribution in [0.5, 0.6) is 0 Å². The number of thioether (sulfide) groups is 1. The van der Waals surface area contributed by atoms with Crippen LogP contribution >= 0.6 is 35.0 Å². The van der Waals surface area contributed by atoms with Gasteiger partial charge in [-0.1, -0.05) is 23.2 Å². The van der Waals surface area contributed by atoms with Gasteiger partial charge in [-0.3, -0.25) is 4.79 Å². The third kappa shape index (κ3) is 5.63. The quantitative estimate of drug-likeness (QED) is 0.666. The molecule has 0 radical (unpaired) electrons. The Kier molecular flexibility index (Phi) is 6.78. The van der Waals surface area contributed by atoms with Crippen molar-refractivity contribution >= 4 is 58.3 Å². The first-order valence-electron chi connectivity index (χ1n) is 6.94. The Labute approximate surface area is 154 Å². The van der Waals surface area contributed by atoms with Crippen LogP contribution in [0.3, 0.4) is 0 Å². The Hall–Kier alpha value is -1.89. The highest BCUT2D eigenvalue weighted by Gasteiger charge is 2.07. The van der Waals surface area contributed by atoms with Gasteiger partial charge in [-0.2, -0.15) is 0 Å². The molecular weight excluding hydrogens is 369 g/mol. The van der Waals surface area contributed by atoms with Crippen LogP contribution < -0.4 is 16.0 Å². The molecule has 2 rings (SSSR count). The molecule has 2 aromatic rings. The van der Waals surface area contributed by atoms with Crippen LogP contribution in [0.25, 0.3) is 0 Å². The van der Waals surface area contributed by atoms with E-state index in [1.54, 1.807) is 42.5 Å². The number of benzene rings is 2. The van der Waals surface area contributed by atoms with Crippen LogP contribution in [0.15, 0.2) is 47.4 Å². The van der Waals surface area contributed by atoms with Crippen LogP contribution in [-0.2, 0) is 4.79 Å². The van der Waals surface area contributed by atoms with Crippen molar-refractivity contribution in [2.75, 3.05) is 23.4 Å². The summed E-state index contributed by atoms with van der Waals surface area (Å²) in [5.74, 6) is 0.0428. The maximum atomic E-state index is 12.0. The summed E-state index contributed by atoms with van der Waals surface area (Å²) in [6, 6.07) is 11.6. The van der Waals surface area contributed by atoms with Gasteiger partial charge in [0.1, 0.15) is 0 Å². The topological polar surface area (TPSA) is 70.2 Å². The summed E-state index contributed by atoms with van der Waals surface area (Å²) in [5.41, 5.74) is 1.27. The van der Waals surface area contributed by atoms with Gasteiger partial charge in [-0.05, 0) is 42.5 Å². The highest BCUT2D eigenvalue weighted by molar-refractivity contribution is 8.00. The van der Waals surface area contributed by atoms with Crippen LogP contribution in [0.2, 0.25) is 10.0 Å². The van der Waals surface area contributed by atoms with E-state index in [1.165, 1.54) is 18.8 Å². The van der Waals surface area contributed by atoms with E-state index in [-0.39, 0.29) is 17.7 Å². The lowest BCUT2D eigenvalue weighted by atomic mass is 10.3. The highest BCUT2D eigenvalue weighted by atomic mass is 35.5. The second kappa shape index (κ2) is 8.82. The van der Waals surface area contributed by atoms with Crippen LogP contribution in [0.4, 0.5) is 16.2 Å². The van der Waals surface area contributed by atoms with E-state index in [0.29, 0.717) is 21.4 Å². The Balaban J connectivity index is 1.88. The van der Waals surface area contributed by atoms with E-state index in [1.807, 2.05) is 0 Å².